The van der Waals surface area contributed by atoms with E-state index >= 15 is 0 Å². The number of benzene rings is 1. The molecule has 0 aliphatic rings. The van der Waals surface area contributed by atoms with E-state index in [2.05, 4.69) is 19.2 Å². The summed E-state index contributed by atoms with van der Waals surface area (Å²) in [6.45, 7) is 12.0. The molecule has 0 heterocycles. The number of nitrogens with one attached hydrogen (secondary N) is 1. The molecule has 1 N–H and O–H groups in total. The summed E-state index contributed by atoms with van der Waals surface area (Å²) in [5.41, 5.74) is 1.51. The molecule has 0 unspecified atom stereocenters. The van der Waals surface area contributed by atoms with Crippen molar-refractivity contribution in [1.82, 2.24) is 0 Å². The molecule has 12 nitrogen and oxygen atoms in total. The Labute approximate surface area is 282 Å². The van der Waals surface area contributed by atoms with Gasteiger partial charge in [-0.3, -0.25) is 4.79 Å². The third kappa shape index (κ3) is 28.4. The van der Waals surface area contributed by atoms with Gasteiger partial charge in [-0.05, 0) is 37.1 Å². The van der Waals surface area contributed by atoms with Gasteiger partial charge in [0.15, 0.2) is 0 Å². The van der Waals surface area contributed by atoms with E-state index in [0.717, 1.165) is 37.9 Å². The number of hydrogen-bond donors (Lipinski definition) is 1. The van der Waals surface area contributed by atoms with Crippen LogP contribution in [-0.2, 0) is 47.4 Å². The van der Waals surface area contributed by atoms with Crippen molar-refractivity contribution in [3.05, 3.63) is 29.8 Å². The maximum atomic E-state index is 12.1. The van der Waals surface area contributed by atoms with Crippen LogP contribution in [0.5, 0.6) is 0 Å². The van der Waals surface area contributed by atoms with Gasteiger partial charge in [-0.25, -0.2) is 4.79 Å². The van der Waals surface area contributed by atoms with E-state index in [0.29, 0.717) is 104 Å². The fraction of sp³-hybridized carbons (Fsp3) is 0.771. The van der Waals surface area contributed by atoms with Crippen LogP contribution in [-0.4, -0.2) is 124 Å². The van der Waals surface area contributed by atoms with Crippen LogP contribution in [0.1, 0.15) is 75.6 Å². The average Bonchev–Trinajstić information content (AvgIpc) is 3.08. The monoisotopic (exact) mass is 671 g/mol. The number of hydrogen-bond acceptors (Lipinski definition) is 12. The van der Waals surface area contributed by atoms with Gasteiger partial charge in [0.2, 0.25) is 0 Å². The smallest absolute Gasteiger partial charge is 0.338 e. The Balaban J connectivity index is 1.73. The van der Waals surface area contributed by atoms with Crippen molar-refractivity contribution in [3.8, 4) is 0 Å². The third-order valence-corrected chi connectivity index (χ3v) is 6.65. The van der Waals surface area contributed by atoms with Crippen molar-refractivity contribution < 1.29 is 52.2 Å². The van der Waals surface area contributed by atoms with Gasteiger partial charge >= 0.3 is 11.9 Å². The second-order valence-corrected chi connectivity index (χ2v) is 10.7. The molecule has 12 heteroatoms. The number of carbonyl (C=O) groups is 2. The zero-order valence-electron chi connectivity index (χ0n) is 29.0. The van der Waals surface area contributed by atoms with Gasteiger partial charge in [0.25, 0.3) is 0 Å². The molecule has 47 heavy (non-hydrogen) atoms. The highest BCUT2D eigenvalue weighted by atomic mass is 16.6. The Morgan fingerprint density at radius 1 is 0.489 bits per heavy atom. The van der Waals surface area contributed by atoms with Crippen molar-refractivity contribution in [2.75, 3.05) is 118 Å². The van der Waals surface area contributed by atoms with Crippen molar-refractivity contribution in [2.45, 2.75) is 65.2 Å². The number of carbonyl (C=O) groups excluding carboxylic acids is 2. The molecule has 0 bridgehead atoms. The van der Waals surface area contributed by atoms with Crippen LogP contribution in [0.4, 0.5) is 5.69 Å². The standard InChI is InChI=1S/C35H61NO11/c1-3-5-7-8-9-10-34(37)46-30-28-44-26-24-42-22-20-40-18-16-39-17-19-41-21-23-43-25-27-45-29-31-47-35(38)32-11-13-33(14-12-32)36-15-6-4-2/h11-14,36H,3-10,15-31H2,1-2H3. The summed E-state index contributed by atoms with van der Waals surface area (Å²) >= 11 is 0. The van der Waals surface area contributed by atoms with Crippen molar-refractivity contribution in [2.24, 2.45) is 0 Å². The van der Waals surface area contributed by atoms with E-state index in [4.69, 9.17) is 42.6 Å². The molecule has 0 saturated heterocycles. The quantitative estimate of drug-likeness (QED) is 0.0764. The number of esters is 2. The molecule has 0 fully saturated rings. The Bertz CT molecular complexity index is 841. The lowest BCUT2D eigenvalue weighted by Crippen LogP contribution is -2.15. The predicted octanol–water partition coefficient (Wildman–Crippen LogP) is 5.08. The zero-order chi connectivity index (χ0) is 33.9. The van der Waals surface area contributed by atoms with Gasteiger partial charge in [0.1, 0.15) is 13.2 Å². The van der Waals surface area contributed by atoms with Crippen LogP contribution in [0.3, 0.4) is 0 Å². The van der Waals surface area contributed by atoms with Gasteiger partial charge < -0.3 is 47.9 Å². The van der Waals surface area contributed by atoms with Gasteiger partial charge in [-0.2, -0.15) is 0 Å². The molecule has 1 aromatic carbocycles. The maximum Gasteiger partial charge on any atom is 0.338 e. The molecule has 0 aliphatic carbocycles. The van der Waals surface area contributed by atoms with Crippen molar-refractivity contribution in [1.29, 1.82) is 0 Å². The summed E-state index contributed by atoms with van der Waals surface area (Å²) < 4.78 is 48.6. The molecule has 0 spiro atoms. The summed E-state index contributed by atoms with van der Waals surface area (Å²) in [6.07, 6.45) is 8.30. The topological polar surface area (TPSA) is 129 Å². The van der Waals surface area contributed by atoms with E-state index in [9.17, 15) is 9.59 Å². The first-order valence-electron chi connectivity index (χ1n) is 17.4. The van der Waals surface area contributed by atoms with Crippen LogP contribution < -0.4 is 5.32 Å². The Kier molecular flexibility index (Phi) is 30.5. The van der Waals surface area contributed by atoms with E-state index in [1.165, 1.54) is 19.3 Å². The molecule has 272 valence electrons. The van der Waals surface area contributed by atoms with Gasteiger partial charge in [-0.1, -0.05) is 46.0 Å². The summed E-state index contributed by atoms with van der Waals surface area (Å²) in [4.78, 5) is 23.7. The molecule has 0 aliphatic heterocycles. The molecule has 1 rings (SSSR count). The largest absolute Gasteiger partial charge is 0.463 e. The first-order chi connectivity index (χ1) is 23.2. The SMILES string of the molecule is CCCCCCCC(=O)OCCOCCOCCOCCOCCOCCOCCOCCOC(=O)c1ccc(NCCCC)cc1. The van der Waals surface area contributed by atoms with E-state index < -0.39 is 0 Å². The van der Waals surface area contributed by atoms with Crippen LogP contribution >= 0.6 is 0 Å². The van der Waals surface area contributed by atoms with Crippen LogP contribution in [0.15, 0.2) is 24.3 Å². The fourth-order valence-electron chi connectivity index (χ4n) is 3.99. The Hall–Kier alpha value is -2.32. The number of ether oxygens (including phenoxy) is 9. The summed E-state index contributed by atoms with van der Waals surface area (Å²) in [5.74, 6) is -0.513. The highest BCUT2D eigenvalue weighted by Gasteiger charge is 2.07. The lowest BCUT2D eigenvalue weighted by Gasteiger charge is -2.09. The second-order valence-electron chi connectivity index (χ2n) is 10.7. The maximum absolute atomic E-state index is 12.1. The lowest BCUT2D eigenvalue weighted by molar-refractivity contribution is -0.145. The number of rotatable bonds is 35. The molecule has 1 aromatic rings. The molecular formula is C35H61NO11. The minimum atomic E-state index is -0.362. The van der Waals surface area contributed by atoms with Gasteiger partial charge in [-0.15, -0.1) is 0 Å². The van der Waals surface area contributed by atoms with Crippen molar-refractivity contribution >= 4 is 17.6 Å². The Morgan fingerprint density at radius 2 is 0.894 bits per heavy atom. The molecular weight excluding hydrogens is 610 g/mol. The van der Waals surface area contributed by atoms with Gasteiger partial charge in [0.05, 0.1) is 98.1 Å². The number of anilines is 1. The van der Waals surface area contributed by atoms with Crippen LogP contribution in [0.2, 0.25) is 0 Å². The average molecular weight is 672 g/mol. The molecule has 0 atom stereocenters. The Morgan fingerprint density at radius 3 is 1.34 bits per heavy atom. The molecule has 0 amide bonds. The van der Waals surface area contributed by atoms with Crippen molar-refractivity contribution in [3.63, 3.8) is 0 Å². The first kappa shape index (κ1) is 42.7. The normalized spacial score (nSPS) is 11.1. The van der Waals surface area contributed by atoms with E-state index in [-0.39, 0.29) is 25.2 Å². The fourth-order valence-corrected chi connectivity index (χ4v) is 3.99. The third-order valence-electron chi connectivity index (χ3n) is 6.65. The minimum absolute atomic E-state index is 0.151. The zero-order valence-corrected chi connectivity index (χ0v) is 29.0. The van der Waals surface area contributed by atoms with Crippen LogP contribution in [0, 0.1) is 0 Å². The van der Waals surface area contributed by atoms with E-state index in [1.54, 1.807) is 12.1 Å². The first-order valence-corrected chi connectivity index (χ1v) is 17.4. The summed E-state index contributed by atoms with van der Waals surface area (Å²) in [6, 6.07) is 7.28. The summed E-state index contributed by atoms with van der Waals surface area (Å²) in [7, 11) is 0. The highest BCUT2D eigenvalue weighted by Crippen LogP contribution is 2.11. The minimum Gasteiger partial charge on any atom is -0.463 e. The predicted molar refractivity (Wildman–Crippen MR) is 180 cm³/mol. The molecule has 0 radical (unpaired) electrons. The number of unbranched alkanes of at least 4 members (excludes halogenated alkanes) is 5. The van der Waals surface area contributed by atoms with Gasteiger partial charge in [0, 0.05) is 18.7 Å². The lowest BCUT2D eigenvalue weighted by atomic mass is 10.1. The van der Waals surface area contributed by atoms with Crippen LogP contribution in [0.25, 0.3) is 0 Å². The molecule has 0 saturated carbocycles. The summed E-state index contributed by atoms with van der Waals surface area (Å²) in [5, 5.41) is 3.32. The second kappa shape index (κ2) is 33.6. The highest BCUT2D eigenvalue weighted by molar-refractivity contribution is 5.89. The van der Waals surface area contributed by atoms with E-state index in [1.807, 2.05) is 12.1 Å². The molecule has 0 aromatic heterocycles.